The summed E-state index contributed by atoms with van der Waals surface area (Å²) in [5.74, 6) is 0.328. The van der Waals surface area contributed by atoms with Crippen molar-refractivity contribution in [3.05, 3.63) is 42.5 Å². The van der Waals surface area contributed by atoms with Crippen LogP contribution in [-0.2, 0) is 14.5 Å². The van der Waals surface area contributed by atoms with Gasteiger partial charge in [0.05, 0.1) is 0 Å². The molecule has 0 aromatic heterocycles. The van der Waals surface area contributed by atoms with E-state index in [1.54, 1.807) is 0 Å². The smallest absolute Gasteiger partial charge is 0.217 e. The first kappa shape index (κ1) is 16.9. The Morgan fingerprint density at radius 3 is 2.30 bits per heavy atom. The summed E-state index contributed by atoms with van der Waals surface area (Å²) in [5, 5.41) is 0. The first-order chi connectivity index (χ1) is 9.38. The highest BCUT2D eigenvalue weighted by Crippen LogP contribution is 2.25. The zero-order valence-corrected chi connectivity index (χ0v) is 13.2. The Labute approximate surface area is 122 Å². The normalized spacial score (nSPS) is 13.5. The maximum atomic E-state index is 5.59. The van der Waals surface area contributed by atoms with Crippen molar-refractivity contribution in [2.75, 3.05) is 6.61 Å². The molecule has 0 fully saturated rings. The van der Waals surface area contributed by atoms with Gasteiger partial charge in [-0.1, -0.05) is 50.8 Å². The Bertz CT molecular complexity index is 410. The van der Waals surface area contributed by atoms with E-state index in [0.717, 1.165) is 11.1 Å². The average Bonchev–Trinajstić information content (AvgIpc) is 2.43. The third-order valence-corrected chi connectivity index (χ3v) is 3.49. The highest BCUT2D eigenvalue weighted by molar-refractivity contribution is 5.65. The van der Waals surface area contributed by atoms with E-state index >= 15 is 0 Å². The highest BCUT2D eigenvalue weighted by atomic mass is 17.2. The summed E-state index contributed by atoms with van der Waals surface area (Å²) < 4.78 is 5.59. The van der Waals surface area contributed by atoms with Crippen molar-refractivity contribution in [1.82, 2.24) is 0 Å². The molecule has 1 unspecified atom stereocenters. The predicted molar refractivity (Wildman–Crippen MR) is 82.0 cm³/mol. The van der Waals surface area contributed by atoms with Crippen molar-refractivity contribution >= 4 is 5.57 Å². The van der Waals surface area contributed by atoms with Crippen LogP contribution in [0.1, 0.15) is 40.2 Å². The number of hydrogen-bond donors (Lipinski definition) is 0. The maximum Gasteiger partial charge on any atom is 0.217 e. The topological polar surface area (TPSA) is 27.7 Å². The van der Waals surface area contributed by atoms with E-state index in [1.807, 2.05) is 51.1 Å². The molecule has 0 saturated carbocycles. The molecule has 0 amide bonds. The SMILES string of the molecule is C=C(c1ccccc1)C(OCC)OOC(C)(C)C(C)C. The van der Waals surface area contributed by atoms with Gasteiger partial charge < -0.3 is 4.74 Å². The second-order valence-electron chi connectivity index (χ2n) is 5.62. The van der Waals surface area contributed by atoms with Gasteiger partial charge in [0, 0.05) is 12.2 Å². The molecule has 1 atom stereocenters. The van der Waals surface area contributed by atoms with E-state index < -0.39 is 6.29 Å². The fourth-order valence-corrected chi connectivity index (χ4v) is 1.39. The lowest BCUT2D eigenvalue weighted by molar-refractivity contribution is -0.411. The van der Waals surface area contributed by atoms with Crippen molar-refractivity contribution < 1.29 is 14.5 Å². The van der Waals surface area contributed by atoms with Gasteiger partial charge in [0.15, 0.2) is 0 Å². The molecule has 1 aromatic rings. The first-order valence-electron chi connectivity index (χ1n) is 7.08. The first-order valence-corrected chi connectivity index (χ1v) is 7.08. The summed E-state index contributed by atoms with van der Waals surface area (Å²) in [7, 11) is 0. The quantitative estimate of drug-likeness (QED) is 0.399. The van der Waals surface area contributed by atoms with Crippen LogP contribution in [0.15, 0.2) is 36.9 Å². The summed E-state index contributed by atoms with van der Waals surface area (Å²) in [5.41, 5.74) is 1.36. The maximum absolute atomic E-state index is 5.59. The Morgan fingerprint density at radius 2 is 1.80 bits per heavy atom. The van der Waals surface area contributed by atoms with Crippen molar-refractivity contribution in [2.24, 2.45) is 5.92 Å². The Hall–Kier alpha value is -1.16. The highest BCUT2D eigenvalue weighted by Gasteiger charge is 2.27. The average molecular weight is 278 g/mol. The molecule has 1 aromatic carbocycles. The number of hydrogen-bond acceptors (Lipinski definition) is 3. The van der Waals surface area contributed by atoms with Crippen LogP contribution in [0.25, 0.3) is 5.57 Å². The van der Waals surface area contributed by atoms with Crippen LogP contribution in [0, 0.1) is 5.92 Å². The van der Waals surface area contributed by atoms with Crippen LogP contribution in [0.2, 0.25) is 0 Å². The van der Waals surface area contributed by atoms with E-state index in [1.165, 1.54) is 0 Å². The van der Waals surface area contributed by atoms with Gasteiger partial charge in [-0.25, -0.2) is 4.89 Å². The molecular formula is C17H26O3. The van der Waals surface area contributed by atoms with Crippen LogP contribution in [0.5, 0.6) is 0 Å². The summed E-state index contributed by atoms with van der Waals surface area (Å²) >= 11 is 0. The van der Waals surface area contributed by atoms with Gasteiger partial charge >= 0.3 is 0 Å². The second kappa shape index (κ2) is 7.58. The van der Waals surface area contributed by atoms with Crippen molar-refractivity contribution in [1.29, 1.82) is 0 Å². The molecule has 3 nitrogen and oxygen atoms in total. The molecular weight excluding hydrogens is 252 g/mol. The van der Waals surface area contributed by atoms with Gasteiger partial charge in [-0.15, -0.1) is 0 Å². The predicted octanol–water partition coefficient (Wildman–Crippen LogP) is 4.45. The lowest BCUT2D eigenvalue weighted by Crippen LogP contribution is -2.34. The molecule has 20 heavy (non-hydrogen) atoms. The van der Waals surface area contributed by atoms with Crippen LogP contribution in [-0.4, -0.2) is 18.5 Å². The molecule has 0 saturated heterocycles. The van der Waals surface area contributed by atoms with E-state index in [-0.39, 0.29) is 5.60 Å². The lowest BCUT2D eigenvalue weighted by atomic mass is 9.95. The molecule has 1 rings (SSSR count). The van der Waals surface area contributed by atoms with Crippen LogP contribution in [0.3, 0.4) is 0 Å². The minimum atomic E-state index is -0.597. The number of ether oxygens (including phenoxy) is 1. The number of benzene rings is 1. The molecule has 0 heterocycles. The fraction of sp³-hybridized carbons (Fsp3) is 0.529. The Morgan fingerprint density at radius 1 is 1.20 bits per heavy atom. The largest absolute Gasteiger partial charge is 0.346 e. The molecule has 3 heteroatoms. The summed E-state index contributed by atoms with van der Waals surface area (Å²) in [6, 6.07) is 9.84. The molecule has 112 valence electrons. The summed E-state index contributed by atoms with van der Waals surface area (Å²) in [6.07, 6.45) is -0.597. The van der Waals surface area contributed by atoms with Gasteiger partial charge in [-0.3, -0.25) is 0 Å². The third-order valence-electron chi connectivity index (χ3n) is 3.49. The Kier molecular flexibility index (Phi) is 6.40. The minimum Gasteiger partial charge on any atom is -0.346 e. The molecule has 0 aliphatic heterocycles. The third kappa shape index (κ3) is 4.75. The molecule has 0 spiro atoms. The van der Waals surface area contributed by atoms with E-state index in [4.69, 9.17) is 14.5 Å². The molecule has 0 N–H and O–H groups in total. The number of rotatable bonds is 8. The van der Waals surface area contributed by atoms with Gasteiger partial charge in [0.25, 0.3) is 0 Å². The van der Waals surface area contributed by atoms with Crippen LogP contribution >= 0.6 is 0 Å². The molecule has 0 radical (unpaired) electrons. The molecule has 0 aliphatic rings. The monoisotopic (exact) mass is 278 g/mol. The van der Waals surface area contributed by atoms with Gasteiger partial charge in [0.1, 0.15) is 5.60 Å². The zero-order valence-electron chi connectivity index (χ0n) is 13.2. The van der Waals surface area contributed by atoms with Gasteiger partial charge in [-0.2, -0.15) is 4.89 Å². The minimum absolute atomic E-state index is 0.328. The van der Waals surface area contributed by atoms with E-state index in [0.29, 0.717) is 12.5 Å². The van der Waals surface area contributed by atoms with Gasteiger partial charge in [-0.05, 0) is 32.3 Å². The van der Waals surface area contributed by atoms with E-state index in [2.05, 4.69) is 20.4 Å². The fourth-order valence-electron chi connectivity index (χ4n) is 1.39. The molecule has 0 bridgehead atoms. The molecule has 0 aliphatic carbocycles. The standard InChI is InChI=1S/C17H26O3/c1-7-18-16(19-20-17(5,6)13(2)3)14(4)15-11-9-8-10-12-15/h8-13,16H,4,7H2,1-3,5-6H3. The van der Waals surface area contributed by atoms with Crippen molar-refractivity contribution in [3.8, 4) is 0 Å². The van der Waals surface area contributed by atoms with Crippen molar-refractivity contribution in [3.63, 3.8) is 0 Å². The lowest BCUT2D eigenvalue weighted by Gasteiger charge is -2.30. The van der Waals surface area contributed by atoms with Crippen molar-refractivity contribution in [2.45, 2.75) is 46.5 Å². The second-order valence-corrected chi connectivity index (χ2v) is 5.62. The van der Waals surface area contributed by atoms with Crippen LogP contribution < -0.4 is 0 Å². The van der Waals surface area contributed by atoms with Crippen LogP contribution in [0.4, 0.5) is 0 Å². The summed E-state index contributed by atoms with van der Waals surface area (Å²) in [4.78, 5) is 11.1. The zero-order chi connectivity index (χ0) is 15.2. The van der Waals surface area contributed by atoms with Gasteiger partial charge in [0.2, 0.25) is 6.29 Å². The van der Waals surface area contributed by atoms with E-state index in [9.17, 15) is 0 Å². The summed E-state index contributed by atoms with van der Waals surface area (Å²) in [6.45, 7) is 14.7. The Balaban J connectivity index is 2.72.